The van der Waals surface area contributed by atoms with Gasteiger partial charge in [-0.3, -0.25) is 4.90 Å². The van der Waals surface area contributed by atoms with Gasteiger partial charge in [0.05, 0.1) is 13.2 Å². The van der Waals surface area contributed by atoms with Gasteiger partial charge in [-0.1, -0.05) is 30.3 Å². The number of likely N-dealkylation sites (tertiary alicyclic amines) is 1. The summed E-state index contributed by atoms with van der Waals surface area (Å²) in [6, 6.07) is 11.0. The lowest BCUT2D eigenvalue weighted by molar-refractivity contribution is 0.0386. The van der Waals surface area contributed by atoms with E-state index in [9.17, 15) is 0 Å². The minimum absolute atomic E-state index is 0.537. The molecule has 3 heteroatoms. The van der Waals surface area contributed by atoms with Crippen molar-refractivity contribution in [3.05, 3.63) is 35.9 Å². The number of ether oxygens (including phenoxy) is 1. The molecule has 2 saturated heterocycles. The summed E-state index contributed by atoms with van der Waals surface area (Å²) in [5.74, 6) is 1.92. The van der Waals surface area contributed by atoms with Crippen LogP contribution >= 0.6 is 0 Å². The number of hydrogen-bond donors (Lipinski definition) is 1. The highest BCUT2D eigenvalue weighted by Gasteiger charge is 2.26. The molecule has 3 nitrogen and oxygen atoms in total. The van der Waals surface area contributed by atoms with Crippen molar-refractivity contribution in [1.29, 1.82) is 0 Å². The van der Waals surface area contributed by atoms with E-state index in [4.69, 9.17) is 4.74 Å². The molecule has 2 fully saturated rings. The van der Waals surface area contributed by atoms with Crippen LogP contribution in [0.15, 0.2) is 30.3 Å². The summed E-state index contributed by atoms with van der Waals surface area (Å²) >= 11 is 0. The third-order valence-corrected chi connectivity index (χ3v) is 5.28. The van der Waals surface area contributed by atoms with Crippen LogP contribution in [0.2, 0.25) is 0 Å². The van der Waals surface area contributed by atoms with E-state index in [1.165, 1.54) is 51.0 Å². The number of piperidine rings is 1. The van der Waals surface area contributed by atoms with Crippen molar-refractivity contribution < 1.29 is 4.74 Å². The lowest BCUT2D eigenvalue weighted by atomic mass is 9.84. The summed E-state index contributed by atoms with van der Waals surface area (Å²) in [4.78, 5) is 2.61. The predicted octanol–water partition coefficient (Wildman–Crippen LogP) is 2.91. The molecule has 1 aromatic carbocycles. The Hall–Kier alpha value is -0.900. The molecule has 0 saturated carbocycles. The van der Waals surface area contributed by atoms with Gasteiger partial charge in [0.2, 0.25) is 0 Å². The Morgan fingerprint density at radius 2 is 1.86 bits per heavy atom. The van der Waals surface area contributed by atoms with Crippen molar-refractivity contribution in [2.45, 2.75) is 38.8 Å². The van der Waals surface area contributed by atoms with E-state index < -0.39 is 0 Å². The zero-order valence-corrected chi connectivity index (χ0v) is 13.8. The van der Waals surface area contributed by atoms with Gasteiger partial charge in [0.1, 0.15) is 0 Å². The molecule has 2 heterocycles. The second kappa shape index (κ2) is 8.09. The molecule has 1 N–H and O–H groups in total. The SMILES string of the molecule is C[C@@H](COCc1ccccc1)N1CCC(CC2CNC2)CC1. The largest absolute Gasteiger partial charge is 0.375 e. The van der Waals surface area contributed by atoms with E-state index in [-0.39, 0.29) is 0 Å². The fourth-order valence-electron chi connectivity index (χ4n) is 3.64. The van der Waals surface area contributed by atoms with E-state index in [1.807, 2.05) is 0 Å². The Morgan fingerprint density at radius 1 is 1.14 bits per heavy atom. The summed E-state index contributed by atoms with van der Waals surface area (Å²) in [6.45, 7) is 8.89. The predicted molar refractivity (Wildman–Crippen MR) is 90.8 cm³/mol. The summed E-state index contributed by atoms with van der Waals surface area (Å²) < 4.78 is 5.90. The standard InChI is InChI=1S/C19H30N2O/c1-16(14-22-15-18-5-3-2-4-6-18)21-9-7-17(8-10-21)11-19-12-20-13-19/h2-6,16-17,19-20H,7-15H2,1H3/t16-/m0/s1. The van der Waals surface area contributed by atoms with E-state index >= 15 is 0 Å². The molecule has 3 rings (SSSR count). The van der Waals surface area contributed by atoms with Crippen LogP contribution in [0.3, 0.4) is 0 Å². The number of benzene rings is 1. The van der Waals surface area contributed by atoms with Crippen molar-refractivity contribution in [2.24, 2.45) is 11.8 Å². The van der Waals surface area contributed by atoms with Crippen molar-refractivity contribution in [1.82, 2.24) is 10.2 Å². The Kier molecular flexibility index (Phi) is 5.88. The highest BCUT2D eigenvalue weighted by atomic mass is 16.5. The van der Waals surface area contributed by atoms with Gasteiger partial charge in [0, 0.05) is 6.04 Å². The molecule has 0 unspecified atom stereocenters. The number of nitrogens with zero attached hydrogens (tertiary/aromatic N) is 1. The lowest BCUT2D eigenvalue weighted by Crippen LogP contribution is -2.45. The second-order valence-electron chi connectivity index (χ2n) is 7.09. The highest BCUT2D eigenvalue weighted by Crippen LogP contribution is 2.26. The molecule has 0 aromatic heterocycles. The second-order valence-corrected chi connectivity index (χ2v) is 7.09. The van der Waals surface area contributed by atoms with Gasteiger partial charge >= 0.3 is 0 Å². The minimum Gasteiger partial charge on any atom is -0.375 e. The highest BCUT2D eigenvalue weighted by molar-refractivity contribution is 5.13. The lowest BCUT2D eigenvalue weighted by Gasteiger charge is -2.38. The molecular weight excluding hydrogens is 272 g/mol. The van der Waals surface area contributed by atoms with Crippen molar-refractivity contribution in [3.8, 4) is 0 Å². The molecule has 1 atom stereocenters. The average molecular weight is 302 g/mol. The fourth-order valence-corrected chi connectivity index (χ4v) is 3.64. The molecule has 0 bridgehead atoms. The third-order valence-electron chi connectivity index (χ3n) is 5.28. The molecule has 0 amide bonds. The van der Waals surface area contributed by atoms with E-state index in [0.717, 1.165) is 25.0 Å². The Labute approximate surface area is 135 Å². The van der Waals surface area contributed by atoms with Gasteiger partial charge in [-0.25, -0.2) is 0 Å². The molecule has 1 aromatic rings. The van der Waals surface area contributed by atoms with E-state index in [1.54, 1.807) is 0 Å². The number of nitrogens with one attached hydrogen (secondary N) is 1. The van der Waals surface area contributed by atoms with Crippen molar-refractivity contribution in [3.63, 3.8) is 0 Å². The fraction of sp³-hybridized carbons (Fsp3) is 0.684. The van der Waals surface area contributed by atoms with Gasteiger partial charge in [0.15, 0.2) is 0 Å². The molecule has 0 spiro atoms. The maximum Gasteiger partial charge on any atom is 0.0717 e. The number of rotatable bonds is 7. The summed E-state index contributed by atoms with van der Waals surface area (Å²) in [5.41, 5.74) is 1.27. The molecule has 2 aliphatic heterocycles. The van der Waals surface area contributed by atoms with Gasteiger partial charge in [-0.2, -0.15) is 0 Å². The van der Waals surface area contributed by atoms with Crippen LogP contribution in [-0.2, 0) is 11.3 Å². The zero-order valence-electron chi connectivity index (χ0n) is 13.8. The maximum atomic E-state index is 5.90. The zero-order chi connectivity index (χ0) is 15.2. The van der Waals surface area contributed by atoms with Gasteiger partial charge in [-0.15, -0.1) is 0 Å². The topological polar surface area (TPSA) is 24.5 Å². The first-order chi connectivity index (χ1) is 10.8. The van der Waals surface area contributed by atoms with Gasteiger partial charge < -0.3 is 10.1 Å². The van der Waals surface area contributed by atoms with Crippen molar-refractivity contribution in [2.75, 3.05) is 32.8 Å². The molecular formula is C19H30N2O. The van der Waals surface area contributed by atoms with Crippen LogP contribution in [-0.4, -0.2) is 43.7 Å². The van der Waals surface area contributed by atoms with Crippen LogP contribution in [0.25, 0.3) is 0 Å². The van der Waals surface area contributed by atoms with Crippen molar-refractivity contribution >= 4 is 0 Å². The van der Waals surface area contributed by atoms with Crippen LogP contribution < -0.4 is 5.32 Å². The average Bonchev–Trinajstić information content (AvgIpc) is 2.52. The van der Waals surface area contributed by atoms with Gasteiger partial charge in [0.25, 0.3) is 0 Å². The van der Waals surface area contributed by atoms with Crippen LogP contribution in [0, 0.1) is 11.8 Å². The summed E-state index contributed by atoms with van der Waals surface area (Å²) in [5, 5.41) is 3.39. The normalized spacial score (nSPS) is 22.4. The van der Waals surface area contributed by atoms with Crippen LogP contribution in [0.4, 0.5) is 0 Å². The maximum absolute atomic E-state index is 5.90. The van der Waals surface area contributed by atoms with E-state index in [2.05, 4.69) is 47.5 Å². The molecule has 2 aliphatic rings. The minimum atomic E-state index is 0.537. The molecule has 0 radical (unpaired) electrons. The van der Waals surface area contributed by atoms with Gasteiger partial charge in [-0.05, 0) is 69.8 Å². The third kappa shape index (κ3) is 4.55. The first-order valence-corrected chi connectivity index (χ1v) is 8.87. The summed E-state index contributed by atoms with van der Waals surface area (Å²) in [6.07, 6.45) is 4.19. The molecule has 22 heavy (non-hydrogen) atoms. The smallest absolute Gasteiger partial charge is 0.0717 e. The first kappa shape index (κ1) is 16.0. The Balaban J connectivity index is 1.32. The first-order valence-electron chi connectivity index (χ1n) is 8.87. The quantitative estimate of drug-likeness (QED) is 0.838. The molecule has 0 aliphatic carbocycles. The summed E-state index contributed by atoms with van der Waals surface area (Å²) in [7, 11) is 0. The monoisotopic (exact) mass is 302 g/mol. The van der Waals surface area contributed by atoms with Crippen LogP contribution in [0.1, 0.15) is 31.7 Å². The number of hydrogen-bond acceptors (Lipinski definition) is 3. The molecule has 122 valence electrons. The van der Waals surface area contributed by atoms with Crippen LogP contribution in [0.5, 0.6) is 0 Å². The Morgan fingerprint density at radius 3 is 2.50 bits per heavy atom. The van der Waals surface area contributed by atoms with E-state index in [0.29, 0.717) is 6.04 Å². The Bertz CT molecular complexity index is 424.